The van der Waals surface area contributed by atoms with Crippen LogP contribution in [0.15, 0.2) is 72.4 Å². The summed E-state index contributed by atoms with van der Waals surface area (Å²) >= 11 is 0. The third-order valence-electron chi connectivity index (χ3n) is 4.08. The molecule has 0 saturated carbocycles. The highest BCUT2D eigenvalue weighted by atomic mass is 16.5. The third kappa shape index (κ3) is 3.13. The van der Waals surface area contributed by atoms with E-state index in [1.54, 1.807) is 32.1 Å². The number of anilines is 2. The van der Waals surface area contributed by atoms with Gasteiger partial charge in [-0.05, 0) is 44.2 Å². The van der Waals surface area contributed by atoms with Crippen molar-refractivity contribution in [3.63, 3.8) is 0 Å². The second-order valence-corrected chi connectivity index (χ2v) is 5.89. The maximum absolute atomic E-state index is 13.0. The van der Waals surface area contributed by atoms with Crippen LogP contribution < -0.4 is 10.2 Å². The lowest BCUT2D eigenvalue weighted by atomic mass is 10.0. The molecule has 1 aliphatic heterocycles. The molecule has 1 aliphatic rings. The summed E-state index contributed by atoms with van der Waals surface area (Å²) in [4.78, 5) is 27.1. The minimum atomic E-state index is -1.20. The Morgan fingerprint density at radius 2 is 1.68 bits per heavy atom. The van der Waals surface area contributed by atoms with Gasteiger partial charge in [0.25, 0.3) is 5.91 Å². The van der Waals surface area contributed by atoms with Gasteiger partial charge in [-0.25, -0.2) is 4.79 Å². The van der Waals surface area contributed by atoms with Crippen LogP contribution in [0.1, 0.15) is 13.8 Å². The molecule has 0 aromatic heterocycles. The van der Waals surface area contributed by atoms with Crippen molar-refractivity contribution in [3.05, 3.63) is 72.4 Å². The molecule has 128 valence electrons. The third-order valence-corrected chi connectivity index (χ3v) is 4.08. The van der Waals surface area contributed by atoms with Crippen LogP contribution in [0.2, 0.25) is 0 Å². The summed E-state index contributed by atoms with van der Waals surface area (Å²) in [7, 11) is 0. The zero-order valence-corrected chi connectivity index (χ0v) is 14.2. The number of para-hydroxylation sites is 2. The largest absolute Gasteiger partial charge is 0.464 e. The van der Waals surface area contributed by atoms with Crippen molar-refractivity contribution in [2.75, 3.05) is 16.8 Å². The highest BCUT2D eigenvalue weighted by Crippen LogP contribution is 2.35. The topological polar surface area (TPSA) is 58.6 Å². The van der Waals surface area contributed by atoms with E-state index in [-0.39, 0.29) is 12.5 Å². The summed E-state index contributed by atoms with van der Waals surface area (Å²) in [6.45, 7) is 3.69. The fourth-order valence-electron chi connectivity index (χ4n) is 2.90. The highest BCUT2D eigenvalue weighted by Gasteiger charge is 2.49. The van der Waals surface area contributed by atoms with Crippen LogP contribution in [-0.4, -0.2) is 24.0 Å². The van der Waals surface area contributed by atoms with Crippen LogP contribution in [0.25, 0.3) is 0 Å². The molecule has 0 aliphatic carbocycles. The Morgan fingerprint density at radius 1 is 1.08 bits per heavy atom. The SMILES string of the molecule is CCOC(=O)[C@@]1(C)C=C(Nc2ccccc2)C(=O)N1c1ccccc1. The number of carbonyl (C=O) groups excluding carboxylic acids is 2. The van der Waals surface area contributed by atoms with Gasteiger partial charge in [0.05, 0.1) is 6.61 Å². The number of rotatable bonds is 5. The van der Waals surface area contributed by atoms with E-state index in [0.717, 1.165) is 5.69 Å². The van der Waals surface area contributed by atoms with E-state index in [1.807, 2.05) is 48.5 Å². The number of amides is 1. The van der Waals surface area contributed by atoms with E-state index in [0.29, 0.717) is 11.4 Å². The first-order chi connectivity index (χ1) is 12.1. The van der Waals surface area contributed by atoms with E-state index in [4.69, 9.17) is 4.74 Å². The molecule has 1 amide bonds. The molecular formula is C20H20N2O3. The molecule has 5 nitrogen and oxygen atoms in total. The molecule has 2 aromatic rings. The fourth-order valence-corrected chi connectivity index (χ4v) is 2.90. The molecule has 0 unspecified atom stereocenters. The van der Waals surface area contributed by atoms with Crippen molar-refractivity contribution in [2.24, 2.45) is 0 Å². The van der Waals surface area contributed by atoms with Crippen molar-refractivity contribution in [3.8, 4) is 0 Å². The Balaban J connectivity index is 2.00. The number of hydrogen-bond acceptors (Lipinski definition) is 4. The normalized spacial score (nSPS) is 19.5. The van der Waals surface area contributed by atoms with E-state index in [1.165, 1.54) is 4.90 Å². The van der Waals surface area contributed by atoms with Gasteiger partial charge in [0, 0.05) is 11.4 Å². The van der Waals surface area contributed by atoms with Crippen molar-refractivity contribution in [1.82, 2.24) is 0 Å². The molecule has 0 bridgehead atoms. The first kappa shape index (κ1) is 16.8. The quantitative estimate of drug-likeness (QED) is 0.851. The zero-order chi connectivity index (χ0) is 17.9. The Kier molecular flexibility index (Phi) is 4.57. The number of benzene rings is 2. The molecule has 0 saturated heterocycles. The van der Waals surface area contributed by atoms with Crippen molar-refractivity contribution in [2.45, 2.75) is 19.4 Å². The molecule has 0 radical (unpaired) electrons. The summed E-state index contributed by atoms with van der Waals surface area (Å²) in [6, 6.07) is 18.5. The Hall–Kier alpha value is -3.08. The number of ether oxygens (including phenoxy) is 1. The van der Waals surface area contributed by atoms with E-state index in [9.17, 15) is 9.59 Å². The van der Waals surface area contributed by atoms with Crippen molar-refractivity contribution >= 4 is 23.3 Å². The Morgan fingerprint density at radius 3 is 2.28 bits per heavy atom. The summed E-state index contributed by atoms with van der Waals surface area (Å²) in [5.74, 6) is -0.734. The van der Waals surface area contributed by atoms with E-state index in [2.05, 4.69) is 5.32 Å². The van der Waals surface area contributed by atoms with Crippen molar-refractivity contribution in [1.29, 1.82) is 0 Å². The fraction of sp³-hybridized carbons (Fsp3) is 0.200. The van der Waals surface area contributed by atoms with Crippen LogP contribution in [0.3, 0.4) is 0 Å². The predicted octanol–water partition coefficient (Wildman–Crippen LogP) is 3.35. The van der Waals surface area contributed by atoms with Gasteiger partial charge < -0.3 is 10.1 Å². The summed E-state index contributed by atoms with van der Waals surface area (Å²) in [5.41, 5.74) is 0.573. The van der Waals surface area contributed by atoms with E-state index >= 15 is 0 Å². The number of hydrogen-bond donors (Lipinski definition) is 1. The molecular weight excluding hydrogens is 316 g/mol. The van der Waals surface area contributed by atoms with Crippen LogP contribution in [0.5, 0.6) is 0 Å². The van der Waals surface area contributed by atoms with E-state index < -0.39 is 11.5 Å². The standard InChI is InChI=1S/C20H20N2O3/c1-3-25-19(24)20(2)14-17(21-15-10-6-4-7-11-15)18(23)22(20)16-12-8-5-9-13-16/h4-14,21H,3H2,1-2H3/t20-/m1/s1. The van der Waals surface area contributed by atoms with Gasteiger partial charge in [-0.3, -0.25) is 9.69 Å². The van der Waals surface area contributed by atoms with Crippen LogP contribution in [0, 0.1) is 0 Å². The number of carbonyl (C=O) groups is 2. The zero-order valence-electron chi connectivity index (χ0n) is 14.2. The molecule has 2 aromatic carbocycles. The summed E-state index contributed by atoms with van der Waals surface area (Å²) in [6.07, 6.45) is 1.63. The highest BCUT2D eigenvalue weighted by molar-refractivity contribution is 6.16. The van der Waals surface area contributed by atoms with Crippen LogP contribution in [-0.2, 0) is 14.3 Å². The van der Waals surface area contributed by atoms with Crippen molar-refractivity contribution < 1.29 is 14.3 Å². The van der Waals surface area contributed by atoms with Gasteiger partial charge in [-0.15, -0.1) is 0 Å². The minimum Gasteiger partial charge on any atom is -0.464 e. The summed E-state index contributed by atoms with van der Waals surface area (Å²) in [5, 5.41) is 3.10. The first-order valence-corrected chi connectivity index (χ1v) is 8.18. The smallest absolute Gasteiger partial charge is 0.336 e. The average Bonchev–Trinajstić information content (AvgIpc) is 2.88. The maximum Gasteiger partial charge on any atom is 0.336 e. The number of nitrogens with zero attached hydrogens (tertiary/aromatic N) is 1. The first-order valence-electron chi connectivity index (χ1n) is 8.18. The Labute approximate surface area is 146 Å². The second kappa shape index (κ2) is 6.81. The lowest BCUT2D eigenvalue weighted by Gasteiger charge is -2.32. The number of nitrogens with one attached hydrogen (secondary N) is 1. The second-order valence-electron chi connectivity index (χ2n) is 5.89. The maximum atomic E-state index is 13.0. The Bertz CT molecular complexity index is 802. The average molecular weight is 336 g/mol. The molecule has 1 heterocycles. The molecule has 1 atom stereocenters. The van der Waals surface area contributed by atoms with Gasteiger partial charge in [0.15, 0.2) is 5.54 Å². The summed E-state index contributed by atoms with van der Waals surface area (Å²) < 4.78 is 5.22. The molecule has 25 heavy (non-hydrogen) atoms. The molecule has 5 heteroatoms. The van der Waals surface area contributed by atoms with Gasteiger partial charge in [0.1, 0.15) is 5.70 Å². The molecule has 1 N–H and O–H groups in total. The lowest BCUT2D eigenvalue weighted by molar-refractivity contribution is -0.147. The minimum absolute atomic E-state index is 0.251. The van der Waals surface area contributed by atoms with Crippen LogP contribution in [0.4, 0.5) is 11.4 Å². The van der Waals surface area contributed by atoms with Gasteiger partial charge in [0.2, 0.25) is 0 Å². The number of esters is 1. The molecule has 0 spiro atoms. The predicted molar refractivity (Wildman–Crippen MR) is 97.1 cm³/mol. The van der Waals surface area contributed by atoms with Gasteiger partial charge in [-0.2, -0.15) is 0 Å². The van der Waals surface area contributed by atoms with Gasteiger partial charge >= 0.3 is 5.97 Å². The lowest BCUT2D eigenvalue weighted by Crippen LogP contribution is -2.51. The monoisotopic (exact) mass is 336 g/mol. The molecule has 0 fully saturated rings. The van der Waals surface area contributed by atoms with Gasteiger partial charge in [-0.1, -0.05) is 36.4 Å². The van der Waals surface area contributed by atoms with Crippen LogP contribution >= 0.6 is 0 Å². The molecule has 3 rings (SSSR count).